The molecule has 1 heterocycles. The Balaban J connectivity index is 2.34. The Bertz CT molecular complexity index is 470. The number of methoxy groups -OCH3 is 1. The van der Waals surface area contributed by atoms with Crippen LogP contribution in [0.5, 0.6) is 5.75 Å². The molecule has 0 amide bonds. The first kappa shape index (κ1) is 13.9. The summed E-state index contributed by atoms with van der Waals surface area (Å²) in [6.45, 7) is 6.02. The SMILES string of the molecule is COC(=O)c1ccc2c(c1)O[C@H](C(C)C)CN(C)C2. The van der Waals surface area contributed by atoms with Crippen LogP contribution < -0.4 is 4.74 Å². The molecule has 1 aromatic carbocycles. The molecule has 0 unspecified atom stereocenters. The number of esters is 1. The third kappa shape index (κ3) is 3.07. The van der Waals surface area contributed by atoms with Crippen molar-refractivity contribution in [1.29, 1.82) is 0 Å². The van der Waals surface area contributed by atoms with Gasteiger partial charge in [0.05, 0.1) is 12.7 Å². The highest BCUT2D eigenvalue weighted by Crippen LogP contribution is 2.28. The normalized spacial score (nSPS) is 19.5. The molecule has 0 saturated carbocycles. The van der Waals surface area contributed by atoms with E-state index in [1.54, 1.807) is 12.1 Å². The number of hydrogen-bond acceptors (Lipinski definition) is 4. The molecule has 19 heavy (non-hydrogen) atoms. The lowest BCUT2D eigenvalue weighted by Crippen LogP contribution is -2.33. The molecule has 1 aliphatic rings. The second-order valence-electron chi connectivity index (χ2n) is 5.41. The number of benzene rings is 1. The van der Waals surface area contributed by atoms with Crippen LogP contribution in [0.15, 0.2) is 18.2 Å². The summed E-state index contributed by atoms with van der Waals surface area (Å²) in [5.74, 6) is 0.895. The Morgan fingerprint density at radius 2 is 2.21 bits per heavy atom. The molecule has 0 bridgehead atoms. The van der Waals surface area contributed by atoms with Gasteiger partial charge in [0.2, 0.25) is 0 Å². The van der Waals surface area contributed by atoms with Gasteiger partial charge in [-0.15, -0.1) is 0 Å². The van der Waals surface area contributed by atoms with E-state index in [4.69, 9.17) is 9.47 Å². The molecule has 0 saturated heterocycles. The second kappa shape index (κ2) is 5.61. The molecular formula is C15H21NO3. The summed E-state index contributed by atoms with van der Waals surface area (Å²) >= 11 is 0. The van der Waals surface area contributed by atoms with Crippen LogP contribution in [0.1, 0.15) is 29.8 Å². The van der Waals surface area contributed by atoms with Crippen molar-refractivity contribution in [2.45, 2.75) is 26.5 Å². The highest BCUT2D eigenvalue weighted by Gasteiger charge is 2.24. The third-order valence-electron chi connectivity index (χ3n) is 3.44. The first-order chi connectivity index (χ1) is 9.01. The molecule has 4 nitrogen and oxygen atoms in total. The number of nitrogens with zero attached hydrogens (tertiary/aromatic N) is 1. The lowest BCUT2D eigenvalue weighted by Gasteiger charge is -2.23. The van der Waals surface area contributed by atoms with E-state index in [1.807, 2.05) is 6.07 Å². The third-order valence-corrected chi connectivity index (χ3v) is 3.44. The smallest absolute Gasteiger partial charge is 0.337 e. The maximum Gasteiger partial charge on any atom is 0.337 e. The van der Waals surface area contributed by atoms with Gasteiger partial charge in [0.15, 0.2) is 0 Å². The van der Waals surface area contributed by atoms with E-state index in [0.717, 1.165) is 24.4 Å². The van der Waals surface area contributed by atoms with E-state index in [2.05, 4.69) is 25.8 Å². The van der Waals surface area contributed by atoms with Gasteiger partial charge in [-0.3, -0.25) is 4.90 Å². The van der Waals surface area contributed by atoms with Crippen LogP contribution in [0.3, 0.4) is 0 Å². The summed E-state index contributed by atoms with van der Waals surface area (Å²) in [6, 6.07) is 5.52. The van der Waals surface area contributed by atoms with Gasteiger partial charge < -0.3 is 9.47 Å². The van der Waals surface area contributed by atoms with Crippen molar-refractivity contribution in [2.75, 3.05) is 20.7 Å². The van der Waals surface area contributed by atoms with Gasteiger partial charge in [-0.1, -0.05) is 19.9 Å². The van der Waals surface area contributed by atoms with Crippen LogP contribution in [0.25, 0.3) is 0 Å². The predicted octanol–water partition coefficient (Wildman–Crippen LogP) is 2.32. The average Bonchev–Trinajstić information content (AvgIpc) is 2.55. The van der Waals surface area contributed by atoms with Gasteiger partial charge in [0, 0.05) is 18.7 Å². The van der Waals surface area contributed by atoms with E-state index in [1.165, 1.54) is 7.11 Å². The maximum absolute atomic E-state index is 11.6. The van der Waals surface area contributed by atoms with Crippen LogP contribution in [0, 0.1) is 5.92 Å². The Morgan fingerprint density at radius 1 is 1.47 bits per heavy atom. The first-order valence-electron chi connectivity index (χ1n) is 6.57. The second-order valence-corrected chi connectivity index (χ2v) is 5.41. The zero-order valence-corrected chi connectivity index (χ0v) is 12.0. The van der Waals surface area contributed by atoms with E-state index < -0.39 is 0 Å². The largest absolute Gasteiger partial charge is 0.488 e. The summed E-state index contributed by atoms with van der Waals surface area (Å²) in [6.07, 6.45) is 0.138. The molecule has 0 aromatic heterocycles. The summed E-state index contributed by atoms with van der Waals surface area (Å²) in [5.41, 5.74) is 1.65. The zero-order valence-electron chi connectivity index (χ0n) is 12.0. The van der Waals surface area contributed by atoms with E-state index in [-0.39, 0.29) is 12.1 Å². The van der Waals surface area contributed by atoms with Crippen molar-refractivity contribution in [3.63, 3.8) is 0 Å². The monoisotopic (exact) mass is 263 g/mol. The molecule has 0 aliphatic carbocycles. The number of hydrogen-bond donors (Lipinski definition) is 0. The Hall–Kier alpha value is -1.55. The molecule has 0 radical (unpaired) electrons. The molecule has 0 N–H and O–H groups in total. The fourth-order valence-electron chi connectivity index (χ4n) is 2.25. The van der Waals surface area contributed by atoms with Crippen molar-refractivity contribution >= 4 is 5.97 Å². The number of likely N-dealkylation sites (N-methyl/N-ethyl adjacent to an activating group) is 1. The lowest BCUT2D eigenvalue weighted by atomic mass is 10.1. The summed E-state index contributed by atoms with van der Waals surface area (Å²) < 4.78 is 10.8. The average molecular weight is 263 g/mol. The highest BCUT2D eigenvalue weighted by atomic mass is 16.5. The van der Waals surface area contributed by atoms with Gasteiger partial charge in [-0.2, -0.15) is 0 Å². The summed E-state index contributed by atoms with van der Waals surface area (Å²) in [5, 5.41) is 0. The fourth-order valence-corrected chi connectivity index (χ4v) is 2.25. The van der Waals surface area contributed by atoms with Gasteiger partial charge in [0.25, 0.3) is 0 Å². The van der Waals surface area contributed by atoms with Crippen molar-refractivity contribution in [3.05, 3.63) is 29.3 Å². The zero-order chi connectivity index (χ0) is 14.0. The van der Waals surface area contributed by atoms with Crippen molar-refractivity contribution in [1.82, 2.24) is 4.90 Å². The number of carbonyl (C=O) groups is 1. The lowest BCUT2D eigenvalue weighted by molar-refractivity contribution is 0.0599. The van der Waals surface area contributed by atoms with Crippen molar-refractivity contribution in [2.24, 2.45) is 5.92 Å². The van der Waals surface area contributed by atoms with Gasteiger partial charge >= 0.3 is 5.97 Å². The minimum atomic E-state index is -0.329. The summed E-state index contributed by atoms with van der Waals surface area (Å²) in [7, 11) is 3.47. The molecule has 104 valence electrons. The Morgan fingerprint density at radius 3 is 2.84 bits per heavy atom. The van der Waals surface area contributed by atoms with Gasteiger partial charge in [0.1, 0.15) is 11.9 Å². The van der Waals surface area contributed by atoms with Crippen LogP contribution in [-0.2, 0) is 11.3 Å². The molecule has 1 aromatic rings. The maximum atomic E-state index is 11.6. The highest BCUT2D eigenvalue weighted by molar-refractivity contribution is 5.89. The number of ether oxygens (including phenoxy) is 2. The van der Waals surface area contributed by atoms with Crippen LogP contribution in [-0.4, -0.2) is 37.7 Å². The molecule has 0 fully saturated rings. The van der Waals surface area contributed by atoms with Crippen molar-refractivity contribution in [3.8, 4) is 5.75 Å². The van der Waals surface area contributed by atoms with Gasteiger partial charge in [-0.05, 0) is 25.1 Å². The van der Waals surface area contributed by atoms with Crippen LogP contribution in [0.2, 0.25) is 0 Å². The number of rotatable bonds is 2. The molecule has 4 heteroatoms. The number of carbonyl (C=O) groups excluding carboxylic acids is 1. The molecule has 1 atom stereocenters. The van der Waals surface area contributed by atoms with Crippen LogP contribution >= 0.6 is 0 Å². The molecule has 2 rings (SSSR count). The Kier molecular flexibility index (Phi) is 4.10. The standard InChI is InChI=1S/C15H21NO3/c1-10(2)14-9-16(3)8-12-6-5-11(15(17)18-4)7-13(12)19-14/h5-7,10,14H,8-9H2,1-4H3/t14-/m0/s1. The van der Waals surface area contributed by atoms with E-state index >= 15 is 0 Å². The van der Waals surface area contributed by atoms with Gasteiger partial charge in [-0.25, -0.2) is 4.79 Å². The van der Waals surface area contributed by atoms with Crippen molar-refractivity contribution < 1.29 is 14.3 Å². The number of fused-ring (bicyclic) bond motifs is 1. The Labute approximate surface area is 114 Å². The van der Waals surface area contributed by atoms with E-state index in [9.17, 15) is 4.79 Å². The molecule has 1 aliphatic heterocycles. The fraction of sp³-hybridized carbons (Fsp3) is 0.533. The molecule has 0 spiro atoms. The topological polar surface area (TPSA) is 38.8 Å². The first-order valence-corrected chi connectivity index (χ1v) is 6.57. The minimum absolute atomic E-state index is 0.138. The predicted molar refractivity (Wildman–Crippen MR) is 73.4 cm³/mol. The summed E-state index contributed by atoms with van der Waals surface area (Å²) in [4.78, 5) is 13.8. The quantitative estimate of drug-likeness (QED) is 0.768. The van der Waals surface area contributed by atoms with E-state index in [0.29, 0.717) is 11.5 Å². The minimum Gasteiger partial charge on any atom is -0.488 e. The van der Waals surface area contributed by atoms with Crippen LogP contribution in [0.4, 0.5) is 0 Å². The molecular weight excluding hydrogens is 242 g/mol.